The second kappa shape index (κ2) is 4.57. The Kier molecular flexibility index (Phi) is 3.44. The molecule has 1 saturated heterocycles. The standard InChI is InChI=1S/C10H19BN2O4/c12-10(9(14)15)6-4-8(13-5-6)7(10)2-1-3-11(16)17/h6-8,13,16-17H,1-5,12H2,(H,14,15). The molecule has 4 unspecified atom stereocenters. The van der Waals surface area contributed by atoms with Gasteiger partial charge in [-0.2, -0.15) is 0 Å². The van der Waals surface area contributed by atoms with E-state index in [1.165, 1.54) is 0 Å². The highest BCUT2D eigenvalue weighted by atomic mass is 16.4. The number of fused-ring (bicyclic) bond motifs is 2. The lowest BCUT2D eigenvalue weighted by Gasteiger charge is -2.37. The van der Waals surface area contributed by atoms with E-state index in [9.17, 15) is 9.90 Å². The van der Waals surface area contributed by atoms with Gasteiger partial charge in [-0.15, -0.1) is 0 Å². The highest BCUT2D eigenvalue weighted by Gasteiger charge is 2.60. The van der Waals surface area contributed by atoms with Crippen LogP contribution in [0.1, 0.15) is 19.3 Å². The van der Waals surface area contributed by atoms with Gasteiger partial charge in [-0.3, -0.25) is 4.79 Å². The van der Waals surface area contributed by atoms with E-state index >= 15 is 0 Å². The summed E-state index contributed by atoms with van der Waals surface area (Å²) in [5, 5.41) is 30.2. The Morgan fingerprint density at radius 2 is 2.24 bits per heavy atom. The highest BCUT2D eigenvalue weighted by Crippen LogP contribution is 2.45. The molecule has 1 aliphatic carbocycles. The van der Waals surface area contributed by atoms with Gasteiger partial charge >= 0.3 is 13.1 Å². The van der Waals surface area contributed by atoms with Crippen LogP contribution in [0.5, 0.6) is 0 Å². The van der Waals surface area contributed by atoms with Crippen LogP contribution in [0.4, 0.5) is 0 Å². The molecule has 0 aromatic carbocycles. The van der Waals surface area contributed by atoms with E-state index in [-0.39, 0.29) is 24.2 Å². The van der Waals surface area contributed by atoms with Crippen LogP contribution in [0.3, 0.4) is 0 Å². The summed E-state index contributed by atoms with van der Waals surface area (Å²) >= 11 is 0. The number of aliphatic carboxylic acids is 1. The summed E-state index contributed by atoms with van der Waals surface area (Å²) in [5.41, 5.74) is 4.94. The van der Waals surface area contributed by atoms with Crippen LogP contribution in [0.2, 0.25) is 6.32 Å². The zero-order valence-corrected chi connectivity index (χ0v) is 9.67. The smallest absolute Gasteiger partial charge is 0.451 e. The van der Waals surface area contributed by atoms with E-state index in [1.807, 2.05) is 0 Å². The van der Waals surface area contributed by atoms with Gasteiger partial charge in [0.2, 0.25) is 0 Å². The van der Waals surface area contributed by atoms with Crippen molar-refractivity contribution in [2.24, 2.45) is 17.6 Å². The van der Waals surface area contributed by atoms with E-state index in [4.69, 9.17) is 15.8 Å². The van der Waals surface area contributed by atoms with Gasteiger partial charge in [-0.1, -0.05) is 6.42 Å². The summed E-state index contributed by atoms with van der Waals surface area (Å²) in [7, 11) is -1.32. The maximum Gasteiger partial charge on any atom is 0.451 e. The molecule has 0 radical (unpaired) electrons. The first-order chi connectivity index (χ1) is 7.96. The molecule has 2 bridgehead atoms. The van der Waals surface area contributed by atoms with Crippen molar-refractivity contribution in [1.82, 2.24) is 5.32 Å². The van der Waals surface area contributed by atoms with Crippen molar-refractivity contribution in [3.05, 3.63) is 0 Å². The number of nitrogens with two attached hydrogens (primary N) is 1. The number of hydrogen-bond donors (Lipinski definition) is 5. The van der Waals surface area contributed by atoms with Crippen molar-refractivity contribution in [2.75, 3.05) is 6.54 Å². The minimum Gasteiger partial charge on any atom is -0.480 e. The van der Waals surface area contributed by atoms with Gasteiger partial charge in [0.25, 0.3) is 0 Å². The van der Waals surface area contributed by atoms with E-state index in [2.05, 4.69) is 5.32 Å². The summed E-state index contributed by atoms with van der Waals surface area (Å²) in [5.74, 6) is -1.05. The third-order valence-electron chi connectivity index (χ3n) is 4.29. The van der Waals surface area contributed by atoms with Crippen LogP contribution < -0.4 is 11.1 Å². The molecular weight excluding hydrogens is 223 g/mol. The molecule has 0 spiro atoms. The average Bonchev–Trinajstić information content (AvgIpc) is 2.80. The first kappa shape index (κ1) is 12.8. The van der Waals surface area contributed by atoms with Crippen LogP contribution in [-0.2, 0) is 4.79 Å². The van der Waals surface area contributed by atoms with E-state index in [0.717, 1.165) is 6.42 Å². The third kappa shape index (κ3) is 2.08. The molecule has 96 valence electrons. The first-order valence-corrected chi connectivity index (χ1v) is 6.08. The summed E-state index contributed by atoms with van der Waals surface area (Å²) < 4.78 is 0. The largest absolute Gasteiger partial charge is 0.480 e. The number of piperidine rings is 1. The maximum absolute atomic E-state index is 11.4. The normalized spacial score (nSPS) is 39.6. The number of nitrogens with one attached hydrogen (secondary N) is 1. The maximum atomic E-state index is 11.4. The van der Waals surface area contributed by atoms with Gasteiger partial charge in [0.15, 0.2) is 0 Å². The van der Waals surface area contributed by atoms with Crippen molar-refractivity contribution in [2.45, 2.75) is 37.2 Å². The van der Waals surface area contributed by atoms with Crippen molar-refractivity contribution in [3.8, 4) is 0 Å². The Bertz CT molecular complexity index is 315. The molecule has 4 atom stereocenters. The SMILES string of the molecule is NC1(C(=O)O)C2CNC(C2)C1CCCB(O)O. The number of carboxylic acid groups (broad SMARTS) is 1. The zero-order chi connectivity index (χ0) is 12.6. The number of rotatable bonds is 5. The van der Waals surface area contributed by atoms with Crippen LogP contribution in [0, 0.1) is 11.8 Å². The molecule has 1 aliphatic heterocycles. The Labute approximate surface area is 100 Å². The predicted octanol–water partition coefficient (Wildman–Crippen LogP) is -1.37. The molecule has 2 aliphatic rings. The Morgan fingerprint density at radius 1 is 1.53 bits per heavy atom. The van der Waals surface area contributed by atoms with Crippen molar-refractivity contribution in [1.29, 1.82) is 0 Å². The molecule has 0 aromatic rings. The average molecular weight is 242 g/mol. The quantitative estimate of drug-likeness (QED) is 0.380. The summed E-state index contributed by atoms with van der Waals surface area (Å²) in [6.45, 7) is 0.673. The van der Waals surface area contributed by atoms with Gasteiger partial charge in [-0.25, -0.2) is 0 Å². The molecule has 2 fully saturated rings. The van der Waals surface area contributed by atoms with Crippen LogP contribution in [0.25, 0.3) is 0 Å². The molecule has 0 aromatic heterocycles. The van der Waals surface area contributed by atoms with Crippen LogP contribution in [-0.4, -0.2) is 46.4 Å². The predicted molar refractivity (Wildman–Crippen MR) is 62.2 cm³/mol. The monoisotopic (exact) mass is 242 g/mol. The third-order valence-corrected chi connectivity index (χ3v) is 4.29. The molecule has 1 heterocycles. The molecular formula is C10H19BN2O4. The number of hydrogen-bond acceptors (Lipinski definition) is 5. The van der Waals surface area contributed by atoms with Crippen molar-refractivity contribution < 1.29 is 19.9 Å². The van der Waals surface area contributed by atoms with Gasteiger partial charge < -0.3 is 26.2 Å². The summed E-state index contributed by atoms with van der Waals surface area (Å²) in [4.78, 5) is 11.4. The summed E-state index contributed by atoms with van der Waals surface area (Å²) in [6, 6.07) is 0.164. The fourth-order valence-electron chi connectivity index (χ4n) is 3.37. The second-order valence-corrected chi connectivity index (χ2v) is 5.20. The van der Waals surface area contributed by atoms with Crippen LogP contribution >= 0.6 is 0 Å². The Balaban J connectivity index is 2.01. The molecule has 7 heteroatoms. The second-order valence-electron chi connectivity index (χ2n) is 5.20. The van der Waals surface area contributed by atoms with Gasteiger partial charge in [-0.05, 0) is 19.2 Å². The number of carbonyl (C=O) groups is 1. The minimum atomic E-state index is -1.32. The lowest BCUT2D eigenvalue weighted by atomic mass is 9.74. The fraction of sp³-hybridized carbons (Fsp3) is 0.900. The molecule has 17 heavy (non-hydrogen) atoms. The van der Waals surface area contributed by atoms with E-state index in [0.29, 0.717) is 19.4 Å². The zero-order valence-electron chi connectivity index (χ0n) is 9.67. The molecule has 1 saturated carbocycles. The molecule has 6 N–H and O–H groups in total. The van der Waals surface area contributed by atoms with E-state index in [1.54, 1.807) is 0 Å². The first-order valence-electron chi connectivity index (χ1n) is 6.08. The molecule has 0 amide bonds. The van der Waals surface area contributed by atoms with Gasteiger partial charge in [0.05, 0.1) is 0 Å². The minimum absolute atomic E-state index is 0.00551. The number of carboxylic acids is 1. The van der Waals surface area contributed by atoms with Crippen molar-refractivity contribution >= 4 is 13.1 Å². The topological polar surface area (TPSA) is 116 Å². The fourth-order valence-corrected chi connectivity index (χ4v) is 3.37. The molecule has 6 nitrogen and oxygen atoms in total. The van der Waals surface area contributed by atoms with E-state index < -0.39 is 18.6 Å². The Hall–Kier alpha value is -0.625. The Morgan fingerprint density at radius 3 is 2.82 bits per heavy atom. The lowest BCUT2D eigenvalue weighted by Crippen LogP contribution is -2.62. The lowest BCUT2D eigenvalue weighted by molar-refractivity contribution is -0.147. The van der Waals surface area contributed by atoms with Gasteiger partial charge in [0.1, 0.15) is 5.54 Å². The molecule has 2 rings (SSSR count). The van der Waals surface area contributed by atoms with Crippen molar-refractivity contribution in [3.63, 3.8) is 0 Å². The van der Waals surface area contributed by atoms with Crippen LogP contribution in [0.15, 0.2) is 0 Å². The summed E-state index contributed by atoms with van der Waals surface area (Å²) in [6.07, 6.45) is 2.28. The highest BCUT2D eigenvalue weighted by molar-refractivity contribution is 6.40. The van der Waals surface area contributed by atoms with Gasteiger partial charge in [0, 0.05) is 24.4 Å².